The van der Waals surface area contributed by atoms with Crippen molar-refractivity contribution in [3.63, 3.8) is 0 Å². The Hall–Kier alpha value is -0.460. The van der Waals surface area contributed by atoms with E-state index in [0.29, 0.717) is 0 Å². The fourth-order valence-corrected chi connectivity index (χ4v) is 2.46. The van der Waals surface area contributed by atoms with E-state index in [4.69, 9.17) is 0 Å². The molecule has 0 aliphatic carbocycles. The first-order valence-electron chi connectivity index (χ1n) is 4.45. The summed E-state index contributed by atoms with van der Waals surface area (Å²) in [5.41, 5.74) is 0. The van der Waals surface area contributed by atoms with E-state index in [9.17, 15) is 4.57 Å². The first kappa shape index (κ1) is 12.6. The molecule has 0 atom stereocenters. The van der Waals surface area contributed by atoms with Gasteiger partial charge in [0.05, 0.1) is 0 Å². The van der Waals surface area contributed by atoms with Crippen LogP contribution in [0.3, 0.4) is 0 Å². The Bertz CT molecular complexity index is 386. The normalized spacial score (nSPS) is 9.07. The maximum Gasteiger partial charge on any atom is 0.415 e. The van der Waals surface area contributed by atoms with Crippen LogP contribution < -0.4 is 10.6 Å². The largest absolute Gasteiger partial charge is 0.415 e. The Morgan fingerprint density at radius 2 is 1.00 bits per heavy atom. The molecule has 15 heavy (non-hydrogen) atoms. The van der Waals surface area contributed by atoms with Crippen LogP contribution in [0.5, 0.6) is 0 Å². The zero-order valence-corrected chi connectivity index (χ0v) is 11.5. The van der Waals surface area contributed by atoms with Crippen LogP contribution in [0.15, 0.2) is 60.7 Å². The van der Waals surface area contributed by atoms with Gasteiger partial charge in [0.25, 0.3) is 0 Å². The van der Waals surface area contributed by atoms with Gasteiger partial charge in [-0.15, -0.1) is 0 Å². The Balaban J connectivity index is 0.00000112. The molecule has 0 amide bonds. The molecule has 0 heterocycles. The molecule has 2 rings (SSSR count). The van der Waals surface area contributed by atoms with E-state index in [2.05, 4.69) is 0 Å². The van der Waals surface area contributed by atoms with Crippen LogP contribution in [0.1, 0.15) is 0 Å². The van der Waals surface area contributed by atoms with Gasteiger partial charge in [0.15, 0.2) is 10.6 Å². The number of rotatable bonds is 2. The number of hydrogen-bond donors (Lipinski definition) is 0. The predicted octanol–water partition coefficient (Wildman–Crippen LogP) is 2.08. The molecule has 2 aromatic carbocycles. The average molecular weight is 224 g/mol. The van der Waals surface area contributed by atoms with Crippen molar-refractivity contribution in [3.8, 4) is 0 Å². The molecule has 0 saturated carbocycles. The van der Waals surface area contributed by atoms with Crippen molar-refractivity contribution >= 4 is 48.0 Å². The maximum atomic E-state index is 12.0. The summed E-state index contributed by atoms with van der Waals surface area (Å²) in [6, 6.07) is 19.1. The minimum atomic E-state index is -1.42. The first-order valence-corrected chi connectivity index (χ1v) is 5.71. The van der Waals surface area contributed by atoms with E-state index >= 15 is 0 Å². The molecule has 0 aromatic heterocycles. The molecule has 0 unspecified atom stereocenters. The van der Waals surface area contributed by atoms with Gasteiger partial charge in [-0.1, -0.05) is 41.0 Å². The van der Waals surface area contributed by atoms with Gasteiger partial charge in [-0.05, 0) is 24.3 Å². The second-order valence-electron chi connectivity index (χ2n) is 2.97. The van der Waals surface area contributed by atoms with Gasteiger partial charge < -0.3 is 0 Å². The van der Waals surface area contributed by atoms with E-state index in [1.807, 2.05) is 60.7 Å². The average Bonchev–Trinajstić information content (AvgIpc) is 2.30. The van der Waals surface area contributed by atoms with Crippen molar-refractivity contribution < 1.29 is 4.57 Å². The maximum absolute atomic E-state index is 12.0. The van der Waals surface area contributed by atoms with Gasteiger partial charge in [-0.25, -0.2) is 0 Å². The van der Waals surface area contributed by atoms with Crippen molar-refractivity contribution in [1.29, 1.82) is 0 Å². The third kappa shape index (κ3) is 3.25. The Labute approximate surface area is 113 Å². The summed E-state index contributed by atoms with van der Waals surface area (Å²) in [5, 5.41) is 1.77. The Morgan fingerprint density at radius 3 is 1.33 bits per heavy atom. The van der Waals surface area contributed by atoms with E-state index < -0.39 is 7.80 Å². The van der Waals surface area contributed by atoms with Crippen molar-refractivity contribution in [2.45, 2.75) is 0 Å². The van der Waals surface area contributed by atoms with Crippen LogP contribution in [0.2, 0.25) is 0 Å². The van der Waals surface area contributed by atoms with E-state index in [1.54, 1.807) is 0 Å². The molecule has 69 valence electrons. The molecule has 0 saturated heterocycles. The molecule has 0 spiro atoms. The summed E-state index contributed by atoms with van der Waals surface area (Å²) in [4.78, 5) is 0. The van der Waals surface area contributed by atoms with Crippen molar-refractivity contribution in [2.24, 2.45) is 0 Å². The molecule has 0 fully saturated rings. The van der Waals surface area contributed by atoms with Gasteiger partial charge in [-0.2, -0.15) is 0 Å². The predicted molar refractivity (Wildman–Crippen MR) is 65.5 cm³/mol. The van der Waals surface area contributed by atoms with E-state index in [1.165, 1.54) is 0 Å². The van der Waals surface area contributed by atoms with Crippen LogP contribution >= 0.6 is 7.80 Å². The standard InChI is InChI=1S/C12H10OP.Na/c13-14(11-7-3-1-4-8-11)12-9-5-2-6-10-12;/h1-10H;/q+1;. The van der Waals surface area contributed by atoms with Gasteiger partial charge in [0.2, 0.25) is 0 Å². The first-order chi connectivity index (χ1) is 6.88. The molecule has 0 aliphatic rings. The van der Waals surface area contributed by atoms with Gasteiger partial charge in [0, 0.05) is 29.6 Å². The second kappa shape index (κ2) is 6.19. The van der Waals surface area contributed by atoms with Crippen LogP contribution in [-0.4, -0.2) is 29.6 Å². The third-order valence-corrected chi connectivity index (χ3v) is 3.52. The zero-order valence-electron chi connectivity index (χ0n) is 8.63. The van der Waals surface area contributed by atoms with E-state index in [-0.39, 0.29) is 29.6 Å². The smallest absolute Gasteiger partial charge is 0.0619 e. The molecule has 0 aliphatic heterocycles. The van der Waals surface area contributed by atoms with Crippen LogP contribution in [-0.2, 0) is 4.57 Å². The quantitative estimate of drug-likeness (QED) is 0.564. The summed E-state index contributed by atoms with van der Waals surface area (Å²) >= 11 is 0. The fraction of sp³-hybridized carbons (Fsp3) is 0. The number of benzene rings is 2. The molecular weight excluding hydrogens is 214 g/mol. The topological polar surface area (TPSA) is 17.1 Å². The molecule has 0 N–H and O–H groups in total. The van der Waals surface area contributed by atoms with Gasteiger partial charge in [0.1, 0.15) is 0 Å². The molecule has 1 radical (unpaired) electrons. The van der Waals surface area contributed by atoms with Gasteiger partial charge in [-0.3, -0.25) is 0 Å². The zero-order chi connectivity index (χ0) is 9.80. The fourth-order valence-electron chi connectivity index (χ4n) is 1.28. The molecular formula is C12H10NaOP+. The molecule has 1 nitrogen and oxygen atoms in total. The van der Waals surface area contributed by atoms with Crippen LogP contribution in [0, 0.1) is 0 Å². The number of hydrogen-bond acceptors (Lipinski definition) is 1. The second-order valence-corrected chi connectivity index (χ2v) is 4.59. The van der Waals surface area contributed by atoms with Gasteiger partial charge >= 0.3 is 7.80 Å². The molecule has 2 aromatic rings. The monoisotopic (exact) mass is 224 g/mol. The van der Waals surface area contributed by atoms with Crippen molar-refractivity contribution in [3.05, 3.63) is 60.7 Å². The van der Waals surface area contributed by atoms with Crippen molar-refractivity contribution in [1.82, 2.24) is 0 Å². The Morgan fingerprint density at radius 1 is 0.667 bits per heavy atom. The molecule has 3 heteroatoms. The minimum Gasteiger partial charge on any atom is -0.0619 e. The summed E-state index contributed by atoms with van der Waals surface area (Å²) < 4.78 is 12.0. The summed E-state index contributed by atoms with van der Waals surface area (Å²) in [7, 11) is -1.42. The third-order valence-electron chi connectivity index (χ3n) is 1.98. The van der Waals surface area contributed by atoms with E-state index in [0.717, 1.165) is 10.6 Å². The summed E-state index contributed by atoms with van der Waals surface area (Å²) in [6.45, 7) is 0. The van der Waals surface area contributed by atoms with Crippen LogP contribution in [0.25, 0.3) is 0 Å². The summed E-state index contributed by atoms with van der Waals surface area (Å²) in [5.74, 6) is 0. The Kier molecular flexibility index (Phi) is 5.21. The SMILES string of the molecule is O=[P+](c1ccccc1)c1ccccc1.[Na]. The van der Waals surface area contributed by atoms with Crippen LogP contribution in [0.4, 0.5) is 0 Å². The van der Waals surface area contributed by atoms with Crippen molar-refractivity contribution in [2.75, 3.05) is 0 Å². The minimum absolute atomic E-state index is 0. The summed E-state index contributed by atoms with van der Waals surface area (Å²) in [6.07, 6.45) is 0. The molecule has 0 bridgehead atoms.